The molecule has 0 spiro atoms. The van der Waals surface area contributed by atoms with E-state index in [1.165, 1.54) is 5.56 Å². The number of hydrogen-bond acceptors (Lipinski definition) is 4. The van der Waals surface area contributed by atoms with E-state index in [1.54, 1.807) is 12.4 Å². The zero-order valence-corrected chi connectivity index (χ0v) is 14.5. The van der Waals surface area contributed by atoms with Crippen LogP contribution in [0.5, 0.6) is 0 Å². The second-order valence-corrected chi connectivity index (χ2v) is 6.41. The van der Waals surface area contributed by atoms with Gasteiger partial charge >= 0.3 is 0 Å². The Morgan fingerprint density at radius 1 is 0.846 bits per heavy atom. The molecular formula is C22H21N3O. The Morgan fingerprint density at radius 3 is 2.19 bits per heavy atom. The lowest BCUT2D eigenvalue weighted by Gasteiger charge is -2.28. The van der Waals surface area contributed by atoms with Crippen molar-refractivity contribution < 1.29 is 5.11 Å². The van der Waals surface area contributed by atoms with E-state index in [9.17, 15) is 5.11 Å². The number of aliphatic hydroxyl groups excluding tert-OH is 1. The molecule has 130 valence electrons. The van der Waals surface area contributed by atoms with Crippen molar-refractivity contribution in [3.63, 3.8) is 0 Å². The van der Waals surface area contributed by atoms with Crippen LogP contribution in [0.3, 0.4) is 0 Å². The van der Waals surface area contributed by atoms with E-state index < -0.39 is 6.10 Å². The van der Waals surface area contributed by atoms with Crippen molar-refractivity contribution in [1.82, 2.24) is 9.97 Å². The highest BCUT2D eigenvalue weighted by molar-refractivity contribution is 5.63. The molecule has 4 nitrogen and oxygen atoms in total. The van der Waals surface area contributed by atoms with Crippen LogP contribution in [0, 0.1) is 0 Å². The van der Waals surface area contributed by atoms with Crippen LogP contribution < -0.4 is 4.90 Å². The summed E-state index contributed by atoms with van der Waals surface area (Å²) in [5.41, 5.74) is 4.33. The van der Waals surface area contributed by atoms with Crippen LogP contribution in [-0.4, -0.2) is 28.2 Å². The number of nitrogens with zero attached hydrogens (tertiary/aromatic N) is 3. The molecule has 0 bridgehead atoms. The molecule has 4 rings (SSSR count). The quantitative estimate of drug-likeness (QED) is 0.727. The van der Waals surface area contributed by atoms with E-state index in [0.717, 1.165) is 42.2 Å². The van der Waals surface area contributed by atoms with Gasteiger partial charge in [-0.05, 0) is 34.8 Å². The zero-order chi connectivity index (χ0) is 17.8. The molecule has 2 aromatic carbocycles. The van der Waals surface area contributed by atoms with Crippen molar-refractivity contribution in [3.05, 3.63) is 90.3 Å². The molecule has 0 fully saturated rings. The highest BCUT2D eigenvalue weighted by atomic mass is 16.3. The largest absolute Gasteiger partial charge is 0.384 e. The summed E-state index contributed by atoms with van der Waals surface area (Å²) in [6.07, 6.45) is 5.85. The summed E-state index contributed by atoms with van der Waals surface area (Å²) in [5.74, 6) is 0.740. The molecule has 1 aliphatic rings. The van der Waals surface area contributed by atoms with Crippen molar-refractivity contribution in [3.8, 4) is 11.1 Å². The fraction of sp³-hybridized carbons (Fsp3) is 0.182. The van der Waals surface area contributed by atoms with Crippen LogP contribution in [0.15, 0.2) is 84.7 Å². The van der Waals surface area contributed by atoms with Gasteiger partial charge in [-0.25, -0.2) is 9.97 Å². The number of aliphatic hydroxyl groups is 1. The molecule has 4 heteroatoms. The van der Waals surface area contributed by atoms with Gasteiger partial charge in [0.2, 0.25) is 5.95 Å². The lowest BCUT2D eigenvalue weighted by molar-refractivity contribution is 0.210. The number of aromatic nitrogens is 2. The van der Waals surface area contributed by atoms with Crippen LogP contribution in [0.1, 0.15) is 18.1 Å². The Morgan fingerprint density at radius 2 is 1.54 bits per heavy atom. The van der Waals surface area contributed by atoms with Crippen LogP contribution in [-0.2, 0) is 0 Å². The number of benzene rings is 2. The number of anilines is 1. The Hall–Kier alpha value is -2.98. The van der Waals surface area contributed by atoms with Gasteiger partial charge in [0.05, 0.1) is 0 Å². The first-order chi connectivity index (χ1) is 12.8. The van der Waals surface area contributed by atoms with E-state index in [2.05, 4.69) is 45.2 Å². The second-order valence-electron chi connectivity index (χ2n) is 6.41. The summed E-state index contributed by atoms with van der Waals surface area (Å²) in [4.78, 5) is 10.7. The molecule has 1 aliphatic heterocycles. The van der Waals surface area contributed by atoms with Gasteiger partial charge in [-0.3, -0.25) is 0 Å². The normalized spacial score (nSPS) is 15.4. The standard InChI is InChI=1S/C22H21N3O/c26-21(19-9-7-18(8-10-19)17-5-2-1-3-6-17)20-11-15-25(16-12-20)22-23-13-4-14-24-22/h1-11,13-14,21,26H,12,15-16H2/t21-/m0/s1. The predicted octanol–water partition coefficient (Wildman–Crippen LogP) is 4.01. The smallest absolute Gasteiger partial charge is 0.225 e. The molecule has 26 heavy (non-hydrogen) atoms. The Bertz CT molecular complexity index is 876. The SMILES string of the molecule is O[C@H](C1=CCN(c2ncccn2)CC1)c1ccc(-c2ccccc2)cc1. The number of rotatable bonds is 4. The summed E-state index contributed by atoms with van der Waals surface area (Å²) in [6.45, 7) is 1.54. The van der Waals surface area contributed by atoms with Crippen molar-refractivity contribution in [1.29, 1.82) is 0 Å². The number of hydrogen-bond donors (Lipinski definition) is 1. The van der Waals surface area contributed by atoms with Crippen LogP contribution in [0.25, 0.3) is 11.1 Å². The molecule has 0 saturated carbocycles. The summed E-state index contributed by atoms with van der Waals surface area (Å²) < 4.78 is 0. The van der Waals surface area contributed by atoms with Gasteiger partial charge in [-0.2, -0.15) is 0 Å². The lowest BCUT2D eigenvalue weighted by atomic mass is 9.95. The molecule has 2 heterocycles. The fourth-order valence-electron chi connectivity index (χ4n) is 3.27. The Balaban J connectivity index is 1.46. The van der Waals surface area contributed by atoms with E-state index in [0.29, 0.717) is 0 Å². The van der Waals surface area contributed by atoms with Crippen molar-refractivity contribution in [2.45, 2.75) is 12.5 Å². The first kappa shape index (κ1) is 16.5. The maximum absolute atomic E-state index is 10.7. The van der Waals surface area contributed by atoms with E-state index in [4.69, 9.17) is 0 Å². The molecule has 0 amide bonds. The molecule has 0 radical (unpaired) electrons. The molecule has 0 saturated heterocycles. The molecule has 0 aliphatic carbocycles. The van der Waals surface area contributed by atoms with Gasteiger partial charge < -0.3 is 10.0 Å². The first-order valence-electron chi connectivity index (χ1n) is 8.85. The van der Waals surface area contributed by atoms with Gasteiger partial charge in [-0.1, -0.05) is 60.7 Å². The topological polar surface area (TPSA) is 49.2 Å². The lowest BCUT2D eigenvalue weighted by Crippen LogP contribution is -2.31. The molecule has 1 aromatic heterocycles. The van der Waals surface area contributed by atoms with E-state index in [1.807, 2.05) is 36.4 Å². The van der Waals surface area contributed by atoms with Crippen LogP contribution in [0.2, 0.25) is 0 Å². The fourth-order valence-corrected chi connectivity index (χ4v) is 3.27. The van der Waals surface area contributed by atoms with Gasteiger partial charge in [0.15, 0.2) is 0 Å². The highest BCUT2D eigenvalue weighted by Crippen LogP contribution is 2.29. The average molecular weight is 343 g/mol. The summed E-state index contributed by atoms with van der Waals surface area (Å²) in [6, 6.07) is 20.3. The highest BCUT2D eigenvalue weighted by Gasteiger charge is 2.20. The monoisotopic (exact) mass is 343 g/mol. The summed E-state index contributed by atoms with van der Waals surface area (Å²) in [7, 11) is 0. The van der Waals surface area contributed by atoms with Gasteiger partial charge in [0.25, 0.3) is 0 Å². The van der Waals surface area contributed by atoms with Crippen molar-refractivity contribution >= 4 is 5.95 Å². The second kappa shape index (κ2) is 7.50. The first-order valence-corrected chi connectivity index (χ1v) is 8.85. The molecule has 1 N–H and O–H groups in total. The third-order valence-electron chi connectivity index (χ3n) is 4.76. The van der Waals surface area contributed by atoms with E-state index >= 15 is 0 Å². The Labute approximate surface area is 153 Å². The predicted molar refractivity (Wildman–Crippen MR) is 104 cm³/mol. The average Bonchev–Trinajstić information content (AvgIpc) is 2.75. The third-order valence-corrected chi connectivity index (χ3v) is 4.76. The zero-order valence-electron chi connectivity index (χ0n) is 14.5. The molecular weight excluding hydrogens is 322 g/mol. The minimum Gasteiger partial charge on any atom is -0.384 e. The van der Waals surface area contributed by atoms with Crippen LogP contribution in [0.4, 0.5) is 5.95 Å². The molecule has 1 atom stereocenters. The summed E-state index contributed by atoms with van der Waals surface area (Å²) in [5, 5.41) is 10.7. The van der Waals surface area contributed by atoms with E-state index in [-0.39, 0.29) is 0 Å². The van der Waals surface area contributed by atoms with Gasteiger partial charge in [0.1, 0.15) is 6.10 Å². The van der Waals surface area contributed by atoms with Crippen LogP contribution >= 0.6 is 0 Å². The summed E-state index contributed by atoms with van der Waals surface area (Å²) >= 11 is 0. The molecule has 3 aromatic rings. The Kier molecular flexibility index (Phi) is 4.75. The van der Waals surface area contributed by atoms with Crippen molar-refractivity contribution in [2.24, 2.45) is 0 Å². The molecule has 0 unspecified atom stereocenters. The van der Waals surface area contributed by atoms with Crippen molar-refractivity contribution in [2.75, 3.05) is 18.0 Å². The third kappa shape index (κ3) is 3.51. The maximum atomic E-state index is 10.7. The van der Waals surface area contributed by atoms with Gasteiger partial charge in [0, 0.05) is 25.5 Å². The van der Waals surface area contributed by atoms with Gasteiger partial charge in [-0.15, -0.1) is 0 Å². The minimum absolute atomic E-state index is 0.557. The maximum Gasteiger partial charge on any atom is 0.225 e. The minimum atomic E-state index is -0.557.